The van der Waals surface area contributed by atoms with E-state index in [1.165, 1.54) is 17.3 Å². The van der Waals surface area contributed by atoms with E-state index in [2.05, 4.69) is 51.8 Å². The fraction of sp³-hybridized carbons (Fsp3) is 0.286. The molecule has 0 aliphatic carbocycles. The van der Waals surface area contributed by atoms with E-state index in [1.54, 1.807) is 12.4 Å². The minimum atomic E-state index is -0.458. The lowest BCUT2D eigenvalue weighted by Gasteiger charge is -2.30. The molecule has 3 heterocycles. The summed E-state index contributed by atoms with van der Waals surface area (Å²) in [6.45, 7) is 6.64. The van der Waals surface area contributed by atoms with Gasteiger partial charge in [0.1, 0.15) is 5.25 Å². The van der Waals surface area contributed by atoms with Gasteiger partial charge in [-0.05, 0) is 35.2 Å². The van der Waals surface area contributed by atoms with Crippen LogP contribution in [0.15, 0.2) is 84.3 Å². The molecule has 1 aliphatic heterocycles. The molecular formula is C28H29N5O2S. The van der Waals surface area contributed by atoms with Gasteiger partial charge in [-0.25, -0.2) is 0 Å². The van der Waals surface area contributed by atoms with Crippen molar-refractivity contribution in [2.75, 3.05) is 26.3 Å². The highest BCUT2D eigenvalue weighted by Gasteiger charge is 2.31. The van der Waals surface area contributed by atoms with Crippen LogP contribution in [0, 0.1) is 0 Å². The molecular weight excluding hydrogens is 470 g/mol. The molecule has 0 saturated carbocycles. The molecule has 4 aromatic rings. The average Bonchev–Trinajstić information content (AvgIpc) is 3.36. The van der Waals surface area contributed by atoms with E-state index in [1.807, 2.05) is 53.4 Å². The normalized spacial score (nSPS) is 14.7. The second kappa shape index (κ2) is 11.1. The van der Waals surface area contributed by atoms with E-state index >= 15 is 0 Å². The summed E-state index contributed by atoms with van der Waals surface area (Å²) >= 11 is 1.44. The molecule has 1 fully saturated rings. The summed E-state index contributed by atoms with van der Waals surface area (Å²) in [7, 11) is 0. The summed E-state index contributed by atoms with van der Waals surface area (Å²) in [4.78, 5) is 20.0. The van der Waals surface area contributed by atoms with Crippen LogP contribution in [0.4, 0.5) is 0 Å². The maximum absolute atomic E-state index is 13.8. The Labute approximate surface area is 215 Å². The van der Waals surface area contributed by atoms with E-state index in [9.17, 15) is 4.79 Å². The van der Waals surface area contributed by atoms with Gasteiger partial charge in [0.05, 0.1) is 18.9 Å². The largest absolute Gasteiger partial charge is 0.378 e. The number of hydrogen-bond donors (Lipinski definition) is 0. The second-order valence-corrected chi connectivity index (χ2v) is 10.0. The summed E-state index contributed by atoms with van der Waals surface area (Å²) in [5.41, 5.74) is 3.99. The number of para-hydroxylation sites is 1. The molecule has 1 amide bonds. The monoisotopic (exact) mass is 499 g/mol. The Morgan fingerprint density at radius 1 is 0.944 bits per heavy atom. The Morgan fingerprint density at radius 2 is 1.69 bits per heavy atom. The first kappa shape index (κ1) is 24.2. The topological polar surface area (TPSA) is 73.1 Å². The Kier molecular flexibility index (Phi) is 7.44. The van der Waals surface area contributed by atoms with Gasteiger partial charge in [0, 0.05) is 31.0 Å². The molecule has 2 aromatic carbocycles. The van der Waals surface area contributed by atoms with Gasteiger partial charge in [0.25, 0.3) is 0 Å². The van der Waals surface area contributed by atoms with Crippen LogP contribution in [0.1, 0.15) is 36.1 Å². The minimum Gasteiger partial charge on any atom is -0.378 e. The van der Waals surface area contributed by atoms with Crippen molar-refractivity contribution in [3.8, 4) is 17.1 Å². The van der Waals surface area contributed by atoms with Crippen LogP contribution in [-0.2, 0) is 9.53 Å². The molecule has 1 saturated heterocycles. The first-order valence-corrected chi connectivity index (χ1v) is 13.0. The van der Waals surface area contributed by atoms with Gasteiger partial charge in [-0.1, -0.05) is 74.1 Å². The second-order valence-electron chi connectivity index (χ2n) is 8.94. The molecule has 8 heteroatoms. The maximum Gasteiger partial charge on any atom is 0.240 e. The lowest BCUT2D eigenvalue weighted by molar-refractivity contribution is -0.134. The summed E-state index contributed by atoms with van der Waals surface area (Å²) in [6, 6.07) is 22.1. The number of morpholine rings is 1. The number of aromatic nitrogens is 4. The fourth-order valence-corrected chi connectivity index (χ4v) is 5.50. The molecule has 2 aromatic heterocycles. The zero-order chi connectivity index (χ0) is 24.9. The Morgan fingerprint density at radius 3 is 2.42 bits per heavy atom. The number of pyridine rings is 1. The predicted octanol–water partition coefficient (Wildman–Crippen LogP) is 5.14. The standard InChI is InChI=1S/C28H29N5O2S/c1-20(2)23-12-6-7-13-24(23)33-26(22-11-8-14-29-19-22)30-31-28(33)36-25(21-9-4-3-5-10-21)27(34)32-15-17-35-18-16-32/h3-14,19-20,25H,15-18H2,1-2H3/t25-/m1/s1. The zero-order valence-corrected chi connectivity index (χ0v) is 21.3. The molecule has 36 heavy (non-hydrogen) atoms. The van der Waals surface area contributed by atoms with Crippen molar-refractivity contribution in [3.63, 3.8) is 0 Å². The number of nitrogens with zero attached hydrogens (tertiary/aromatic N) is 5. The third-order valence-electron chi connectivity index (χ3n) is 6.23. The van der Waals surface area contributed by atoms with Gasteiger partial charge in [-0.3, -0.25) is 14.3 Å². The number of ether oxygens (including phenoxy) is 1. The van der Waals surface area contributed by atoms with Crippen LogP contribution in [0.2, 0.25) is 0 Å². The van der Waals surface area contributed by atoms with Gasteiger partial charge in [-0.2, -0.15) is 0 Å². The van der Waals surface area contributed by atoms with Gasteiger partial charge in [-0.15, -0.1) is 10.2 Å². The number of carbonyl (C=O) groups is 1. The van der Waals surface area contributed by atoms with Crippen molar-refractivity contribution in [1.82, 2.24) is 24.6 Å². The van der Waals surface area contributed by atoms with Crippen LogP contribution >= 0.6 is 11.8 Å². The first-order valence-electron chi connectivity index (χ1n) is 12.2. The minimum absolute atomic E-state index is 0.0594. The van der Waals surface area contributed by atoms with Crippen LogP contribution < -0.4 is 0 Å². The smallest absolute Gasteiger partial charge is 0.240 e. The summed E-state index contributed by atoms with van der Waals surface area (Å²) in [5.74, 6) is 1.05. The van der Waals surface area contributed by atoms with Crippen LogP contribution in [-0.4, -0.2) is 56.9 Å². The molecule has 5 rings (SSSR count). The Bertz CT molecular complexity index is 1300. The molecule has 0 spiro atoms. The van der Waals surface area contributed by atoms with Gasteiger partial charge >= 0.3 is 0 Å². The number of benzene rings is 2. The number of hydrogen-bond acceptors (Lipinski definition) is 6. The SMILES string of the molecule is CC(C)c1ccccc1-n1c(S[C@@H](C(=O)N2CCOCC2)c2ccccc2)nnc1-c1cccnc1. The number of rotatable bonds is 7. The van der Waals surface area contributed by atoms with Crippen LogP contribution in [0.25, 0.3) is 17.1 Å². The van der Waals surface area contributed by atoms with Crippen molar-refractivity contribution in [1.29, 1.82) is 0 Å². The number of carbonyl (C=O) groups excluding carboxylic acids is 1. The summed E-state index contributed by atoms with van der Waals surface area (Å²) < 4.78 is 7.55. The van der Waals surface area contributed by atoms with E-state index in [0.717, 1.165) is 16.8 Å². The molecule has 0 N–H and O–H groups in total. The predicted molar refractivity (Wildman–Crippen MR) is 141 cm³/mol. The Hall–Kier alpha value is -3.49. The molecule has 0 radical (unpaired) electrons. The van der Waals surface area contributed by atoms with Crippen molar-refractivity contribution in [2.45, 2.75) is 30.2 Å². The van der Waals surface area contributed by atoms with E-state index < -0.39 is 5.25 Å². The third kappa shape index (κ3) is 5.05. The molecule has 0 bridgehead atoms. The molecule has 7 nitrogen and oxygen atoms in total. The van der Waals surface area contributed by atoms with Gasteiger partial charge in [0.2, 0.25) is 5.91 Å². The number of thioether (sulfide) groups is 1. The van der Waals surface area contributed by atoms with E-state index in [-0.39, 0.29) is 5.91 Å². The van der Waals surface area contributed by atoms with Crippen molar-refractivity contribution < 1.29 is 9.53 Å². The third-order valence-corrected chi connectivity index (χ3v) is 7.41. The van der Waals surface area contributed by atoms with Crippen molar-refractivity contribution >= 4 is 17.7 Å². The average molecular weight is 500 g/mol. The molecule has 1 aliphatic rings. The fourth-order valence-electron chi connectivity index (χ4n) is 4.37. The van der Waals surface area contributed by atoms with E-state index in [4.69, 9.17) is 4.74 Å². The lowest BCUT2D eigenvalue weighted by atomic mass is 10.0. The van der Waals surface area contributed by atoms with Crippen LogP contribution in [0.5, 0.6) is 0 Å². The van der Waals surface area contributed by atoms with Crippen LogP contribution in [0.3, 0.4) is 0 Å². The van der Waals surface area contributed by atoms with Gasteiger partial charge < -0.3 is 9.64 Å². The van der Waals surface area contributed by atoms with Crippen molar-refractivity contribution in [3.05, 3.63) is 90.3 Å². The highest BCUT2D eigenvalue weighted by Crippen LogP contribution is 2.39. The first-order chi connectivity index (χ1) is 17.6. The lowest BCUT2D eigenvalue weighted by Crippen LogP contribution is -2.42. The molecule has 0 unspecified atom stereocenters. The van der Waals surface area contributed by atoms with E-state index in [0.29, 0.717) is 43.2 Å². The summed E-state index contributed by atoms with van der Waals surface area (Å²) in [6.07, 6.45) is 3.54. The number of amides is 1. The Balaban J connectivity index is 1.62. The zero-order valence-electron chi connectivity index (χ0n) is 20.4. The summed E-state index contributed by atoms with van der Waals surface area (Å²) in [5, 5.41) is 9.41. The molecule has 1 atom stereocenters. The quantitative estimate of drug-likeness (QED) is 0.328. The highest BCUT2D eigenvalue weighted by molar-refractivity contribution is 8.00. The highest BCUT2D eigenvalue weighted by atomic mass is 32.2. The molecule has 184 valence electrons. The van der Waals surface area contributed by atoms with Crippen molar-refractivity contribution in [2.24, 2.45) is 0 Å². The maximum atomic E-state index is 13.8. The van der Waals surface area contributed by atoms with Gasteiger partial charge in [0.15, 0.2) is 11.0 Å².